The van der Waals surface area contributed by atoms with Gasteiger partial charge < -0.3 is 15.0 Å². The summed E-state index contributed by atoms with van der Waals surface area (Å²) in [5.74, 6) is -0.769. The van der Waals surface area contributed by atoms with E-state index in [-0.39, 0.29) is 44.4 Å². The number of piperidine rings is 1. The summed E-state index contributed by atoms with van der Waals surface area (Å²) in [6, 6.07) is -1.15. The lowest BCUT2D eigenvalue weighted by molar-refractivity contribution is -0.149. The first kappa shape index (κ1) is 39.7. The number of rotatable bonds is 17. The van der Waals surface area contributed by atoms with Crippen molar-refractivity contribution in [2.75, 3.05) is 20.1 Å². The van der Waals surface area contributed by atoms with Gasteiger partial charge in [0.05, 0.1) is 6.04 Å². The van der Waals surface area contributed by atoms with Gasteiger partial charge in [0.2, 0.25) is 11.8 Å². The fourth-order valence-corrected chi connectivity index (χ4v) is 6.54. The van der Waals surface area contributed by atoms with Gasteiger partial charge in [-0.3, -0.25) is 24.1 Å². The minimum atomic E-state index is -0.688. The van der Waals surface area contributed by atoms with Gasteiger partial charge in [-0.15, -0.1) is 11.3 Å². The number of carbonyl (C=O) groups excluding carboxylic acids is 4. The van der Waals surface area contributed by atoms with Gasteiger partial charge in [-0.05, 0) is 44.7 Å². The number of amides is 2. The van der Waals surface area contributed by atoms with E-state index in [1.54, 1.807) is 5.38 Å². The van der Waals surface area contributed by atoms with Crippen molar-refractivity contribution in [3.8, 4) is 0 Å². The van der Waals surface area contributed by atoms with Crippen LogP contribution < -0.4 is 5.32 Å². The van der Waals surface area contributed by atoms with Gasteiger partial charge in [-0.25, -0.2) is 4.98 Å². The molecule has 256 valence electrons. The normalized spacial score (nSPS) is 17.9. The van der Waals surface area contributed by atoms with Crippen LogP contribution in [0.1, 0.15) is 145 Å². The molecule has 9 nitrogen and oxygen atoms in total. The van der Waals surface area contributed by atoms with E-state index in [0.717, 1.165) is 57.9 Å². The molecule has 0 saturated carbocycles. The first-order chi connectivity index (χ1) is 20.9. The lowest BCUT2D eigenvalue weighted by Gasteiger charge is -2.40. The van der Waals surface area contributed by atoms with E-state index in [4.69, 9.17) is 4.74 Å². The van der Waals surface area contributed by atoms with Crippen LogP contribution in [0.2, 0.25) is 0 Å². The van der Waals surface area contributed by atoms with Crippen LogP contribution in [0.15, 0.2) is 5.38 Å². The molecular formula is C34H64N4O5S. The van der Waals surface area contributed by atoms with E-state index < -0.39 is 18.1 Å². The number of ether oxygens (including phenoxy) is 1. The molecule has 2 rings (SSSR count). The first-order valence-electron chi connectivity index (χ1n) is 16.9. The SMILES string of the molecule is CC.CCCCCCN(C(=O)[C@@H](NC(=O)[C@H]1CCCCN1C)[C@@H](C)CC)[C@H](C[C@@H](OC(C)=O)c1nc(C(C)=O)cs1)C(C)C.[HH].[HH]. The lowest BCUT2D eigenvalue weighted by atomic mass is 9.91. The van der Waals surface area contributed by atoms with Crippen LogP contribution in [0.4, 0.5) is 0 Å². The number of likely N-dealkylation sites (N-methyl/N-ethyl adjacent to an activating group) is 1. The second kappa shape index (κ2) is 20.7. The van der Waals surface area contributed by atoms with Crippen LogP contribution in [0, 0.1) is 11.8 Å². The molecule has 1 aliphatic rings. The van der Waals surface area contributed by atoms with Gasteiger partial charge >= 0.3 is 5.97 Å². The van der Waals surface area contributed by atoms with Crippen molar-refractivity contribution in [3.05, 3.63) is 16.1 Å². The van der Waals surface area contributed by atoms with Gasteiger partial charge in [0.1, 0.15) is 16.7 Å². The topological polar surface area (TPSA) is 109 Å². The van der Waals surface area contributed by atoms with Crippen LogP contribution >= 0.6 is 11.3 Å². The number of thiazole rings is 1. The Morgan fingerprint density at radius 1 is 1.11 bits per heavy atom. The van der Waals surface area contributed by atoms with Crippen molar-refractivity contribution < 1.29 is 26.8 Å². The quantitative estimate of drug-likeness (QED) is 0.108. The summed E-state index contributed by atoms with van der Waals surface area (Å²) in [6.07, 6.45) is 7.29. The molecule has 10 heteroatoms. The monoisotopic (exact) mass is 640 g/mol. The predicted octanol–water partition coefficient (Wildman–Crippen LogP) is 7.31. The number of ketones is 1. The molecule has 0 bridgehead atoms. The van der Waals surface area contributed by atoms with E-state index >= 15 is 0 Å². The maximum absolute atomic E-state index is 14.5. The summed E-state index contributed by atoms with van der Waals surface area (Å²) in [5.41, 5.74) is 0.341. The maximum Gasteiger partial charge on any atom is 0.303 e. The van der Waals surface area contributed by atoms with Gasteiger partial charge in [-0.1, -0.05) is 80.6 Å². The second-order valence-corrected chi connectivity index (χ2v) is 13.1. The maximum atomic E-state index is 14.5. The highest BCUT2D eigenvalue weighted by molar-refractivity contribution is 7.09. The van der Waals surface area contributed by atoms with E-state index in [1.807, 2.05) is 39.6 Å². The van der Waals surface area contributed by atoms with E-state index in [9.17, 15) is 19.2 Å². The number of hydrogen-bond donors (Lipinski definition) is 1. The van der Waals surface area contributed by atoms with Crippen molar-refractivity contribution in [1.82, 2.24) is 20.1 Å². The van der Waals surface area contributed by atoms with Gasteiger partial charge in [0, 0.05) is 41.1 Å². The minimum absolute atomic E-state index is 0. The third kappa shape index (κ3) is 12.2. The number of aromatic nitrogens is 1. The minimum Gasteiger partial charge on any atom is -0.455 e. The van der Waals surface area contributed by atoms with Crippen molar-refractivity contribution in [1.29, 1.82) is 0 Å². The van der Waals surface area contributed by atoms with Crippen LogP contribution in [-0.2, 0) is 19.1 Å². The van der Waals surface area contributed by atoms with E-state index in [0.29, 0.717) is 23.7 Å². The zero-order chi connectivity index (χ0) is 33.4. The van der Waals surface area contributed by atoms with Crippen molar-refractivity contribution in [2.45, 2.75) is 144 Å². The van der Waals surface area contributed by atoms with Crippen LogP contribution in [0.5, 0.6) is 0 Å². The molecule has 2 heterocycles. The average molecular weight is 641 g/mol. The highest BCUT2D eigenvalue weighted by Crippen LogP contribution is 2.32. The molecule has 1 aromatic rings. The molecule has 0 aromatic carbocycles. The number of Topliss-reactive ketones (excluding diaryl/α,β-unsaturated/α-hetero) is 1. The summed E-state index contributed by atoms with van der Waals surface area (Å²) in [6.45, 7) is 18.6. The highest BCUT2D eigenvalue weighted by Gasteiger charge is 2.38. The summed E-state index contributed by atoms with van der Waals surface area (Å²) >= 11 is 1.29. The standard InChI is InChI=1S/C32H54N4O5S.C2H6.2H2/c1-9-11-12-14-18-36(32(40)29(22(5)10-2)34-30(39)26-16-13-15-17-35(26)8)27(21(3)4)19-28(41-24(7)38)31-33-25(20-42-31)23(6)37;1-2;;/h20-22,26-29H,9-19H2,1-8H3,(H,34,39);1-2H3;2*1H/t22-,26+,27+,28+,29-;;;/m0.../s1. The zero-order valence-corrected chi connectivity index (χ0v) is 29.9. The molecule has 1 N–H and O–H groups in total. The van der Waals surface area contributed by atoms with Crippen LogP contribution in [-0.4, -0.2) is 76.6 Å². The van der Waals surface area contributed by atoms with Crippen molar-refractivity contribution in [2.24, 2.45) is 11.8 Å². The molecule has 0 radical (unpaired) electrons. The predicted molar refractivity (Wildman–Crippen MR) is 183 cm³/mol. The molecule has 2 amide bonds. The number of nitrogens with one attached hydrogen (secondary N) is 1. The van der Waals surface area contributed by atoms with Crippen LogP contribution in [0.3, 0.4) is 0 Å². The Bertz CT molecular complexity index is 1040. The van der Waals surface area contributed by atoms with Gasteiger partial charge in [0.15, 0.2) is 11.9 Å². The van der Waals surface area contributed by atoms with Crippen molar-refractivity contribution in [3.63, 3.8) is 0 Å². The third-order valence-electron chi connectivity index (χ3n) is 8.48. The number of esters is 1. The highest BCUT2D eigenvalue weighted by atomic mass is 32.1. The van der Waals surface area contributed by atoms with E-state index in [2.05, 4.69) is 36.0 Å². The molecule has 1 aliphatic heterocycles. The number of unbranched alkanes of at least 4 members (excludes halogenated alkanes) is 3. The summed E-state index contributed by atoms with van der Waals surface area (Å²) in [4.78, 5) is 60.6. The number of hydrogen-bond acceptors (Lipinski definition) is 8. The molecule has 1 saturated heterocycles. The Morgan fingerprint density at radius 3 is 2.32 bits per heavy atom. The zero-order valence-electron chi connectivity index (χ0n) is 29.1. The Balaban J connectivity index is 0. The fraction of sp³-hybridized carbons (Fsp3) is 0.794. The van der Waals surface area contributed by atoms with Crippen molar-refractivity contribution >= 4 is 34.9 Å². The Kier molecular flexibility index (Phi) is 18.6. The summed E-state index contributed by atoms with van der Waals surface area (Å²) < 4.78 is 5.75. The Morgan fingerprint density at radius 2 is 1.80 bits per heavy atom. The number of likely N-dealkylation sites (tertiary alicyclic amines) is 1. The molecule has 0 spiro atoms. The Labute approximate surface area is 273 Å². The molecule has 0 unspecified atom stereocenters. The fourth-order valence-electron chi connectivity index (χ4n) is 5.64. The Hall–Kier alpha value is -2.33. The molecule has 1 fully saturated rings. The second-order valence-electron chi connectivity index (χ2n) is 12.2. The molecular weight excluding hydrogens is 576 g/mol. The van der Waals surface area contributed by atoms with Gasteiger partial charge in [0.25, 0.3) is 0 Å². The lowest BCUT2D eigenvalue weighted by Crippen LogP contribution is -2.59. The van der Waals surface area contributed by atoms with E-state index in [1.165, 1.54) is 25.2 Å². The average Bonchev–Trinajstić information content (AvgIpc) is 3.49. The number of nitrogens with zero attached hydrogens (tertiary/aromatic N) is 3. The number of carbonyl (C=O) groups is 4. The third-order valence-corrected chi connectivity index (χ3v) is 9.41. The first-order valence-corrected chi connectivity index (χ1v) is 17.7. The summed E-state index contributed by atoms with van der Waals surface area (Å²) in [7, 11) is 1.98. The molecule has 5 atom stereocenters. The summed E-state index contributed by atoms with van der Waals surface area (Å²) in [5, 5.41) is 5.40. The molecule has 0 aliphatic carbocycles. The van der Waals surface area contributed by atoms with Gasteiger partial charge in [-0.2, -0.15) is 0 Å². The molecule has 1 aromatic heterocycles. The molecule has 44 heavy (non-hydrogen) atoms. The smallest absolute Gasteiger partial charge is 0.303 e. The van der Waals surface area contributed by atoms with Crippen LogP contribution in [0.25, 0.3) is 0 Å². The largest absolute Gasteiger partial charge is 0.455 e.